The van der Waals surface area contributed by atoms with Gasteiger partial charge in [0.1, 0.15) is 0 Å². The van der Waals surface area contributed by atoms with Crippen LogP contribution in [0.5, 0.6) is 0 Å². The fourth-order valence-electron chi connectivity index (χ4n) is 7.48. The van der Waals surface area contributed by atoms with E-state index < -0.39 is 37.1 Å². The first-order valence-electron chi connectivity index (χ1n) is 17.1. The maximum Gasteiger partial charge on any atom is 0.0811 e. The number of allylic oxidation sites excluding steroid dienone is 3. The van der Waals surface area contributed by atoms with Crippen LogP contribution in [-0.4, -0.2) is 43.8 Å². The number of rotatable bonds is 10. The van der Waals surface area contributed by atoms with Crippen molar-refractivity contribution in [3.63, 3.8) is 0 Å². The minimum absolute atomic E-state index is 0.0367. The highest BCUT2D eigenvalue weighted by molar-refractivity contribution is 5.38. The van der Waals surface area contributed by atoms with Crippen LogP contribution in [0.3, 0.4) is 0 Å². The van der Waals surface area contributed by atoms with E-state index in [1.54, 1.807) is 13.8 Å². The fraction of sp³-hybridized carbons (Fsp3) is 0.812. The van der Waals surface area contributed by atoms with Crippen LogP contribution in [0.25, 0.3) is 0 Å². The molecule has 4 nitrogen and oxygen atoms in total. The van der Waals surface area contributed by atoms with Gasteiger partial charge in [-0.3, -0.25) is 0 Å². The molecule has 0 spiro atoms. The minimum atomic E-state index is -3.01. The van der Waals surface area contributed by atoms with E-state index >= 15 is 0 Å². The second-order valence-electron chi connectivity index (χ2n) is 12.9. The van der Waals surface area contributed by atoms with Crippen LogP contribution in [0.1, 0.15) is 126 Å². The Hall–Kier alpha value is -0.940. The van der Waals surface area contributed by atoms with E-state index in [2.05, 4.69) is 19.6 Å². The molecule has 36 heavy (non-hydrogen) atoms. The maximum atomic E-state index is 10.8. The Morgan fingerprint density at radius 3 is 2.39 bits per heavy atom. The highest BCUT2D eigenvalue weighted by atomic mass is 16.3. The standard InChI is InChI=1S/C32H54O4/c1-22-25(20-26(33)21-29(22)34)14-13-24-12-9-19-32(6)27(15-16-28(24)32)23(10-7-17-30(2,3)35)11-8-18-31(4,5)36/h13-14,23,26-29,33-36H,1,7-12,15-21H2,2-6H3/b24-13+,25-14-/t26-,27-,28+,29+,32-/m1/s1/i2D3,3D3/t23-,26+,27+,28-,29-,32+/m0. The molecule has 0 aromatic heterocycles. The number of aliphatic hydroxyl groups excluding tert-OH is 2. The lowest BCUT2D eigenvalue weighted by atomic mass is 9.60. The summed E-state index contributed by atoms with van der Waals surface area (Å²) >= 11 is 0. The van der Waals surface area contributed by atoms with Crippen molar-refractivity contribution < 1.29 is 28.7 Å². The van der Waals surface area contributed by atoms with Crippen molar-refractivity contribution in [2.24, 2.45) is 23.2 Å². The topological polar surface area (TPSA) is 80.9 Å². The molecule has 0 aromatic rings. The summed E-state index contributed by atoms with van der Waals surface area (Å²) in [5.41, 5.74) is -0.520. The van der Waals surface area contributed by atoms with Crippen molar-refractivity contribution in [2.45, 2.75) is 141 Å². The van der Waals surface area contributed by atoms with Gasteiger partial charge in [-0.25, -0.2) is 0 Å². The monoisotopic (exact) mass is 508 g/mol. The van der Waals surface area contributed by atoms with Gasteiger partial charge >= 0.3 is 0 Å². The SMILES string of the molecule is [2H]C([2H])([2H])C(O)(CCC[C@@H](CCCC(C)(C)O)[C@H]1CC[C@H]2/C(=C/C=C3/C[C@@H](O)C[C@H](O)C3=C)CCC[C@]12C)C([2H])([2H])[2H]. The van der Waals surface area contributed by atoms with Crippen LogP contribution in [0, 0.1) is 23.2 Å². The third kappa shape index (κ3) is 7.79. The first-order valence-corrected chi connectivity index (χ1v) is 14.1. The van der Waals surface area contributed by atoms with Crippen molar-refractivity contribution in [1.29, 1.82) is 0 Å². The van der Waals surface area contributed by atoms with Crippen LogP contribution in [0.4, 0.5) is 0 Å². The molecule has 0 heterocycles. The van der Waals surface area contributed by atoms with E-state index in [4.69, 9.17) is 8.22 Å². The molecule has 3 saturated carbocycles. The Morgan fingerprint density at radius 1 is 1.08 bits per heavy atom. The van der Waals surface area contributed by atoms with Crippen LogP contribution in [-0.2, 0) is 0 Å². The molecule has 3 aliphatic carbocycles. The number of aliphatic hydroxyl groups is 4. The molecule has 0 saturated heterocycles. The lowest BCUT2D eigenvalue weighted by Crippen LogP contribution is -2.37. The van der Waals surface area contributed by atoms with Gasteiger partial charge in [0.15, 0.2) is 0 Å². The second-order valence-corrected chi connectivity index (χ2v) is 12.9. The number of hydrogen-bond donors (Lipinski definition) is 4. The predicted octanol–water partition coefficient (Wildman–Crippen LogP) is 6.63. The third-order valence-electron chi connectivity index (χ3n) is 9.35. The van der Waals surface area contributed by atoms with Crippen LogP contribution < -0.4 is 0 Å². The zero-order chi connectivity index (χ0) is 31.7. The van der Waals surface area contributed by atoms with E-state index in [-0.39, 0.29) is 17.8 Å². The Labute approximate surface area is 229 Å². The molecule has 0 amide bonds. The highest BCUT2D eigenvalue weighted by Crippen LogP contribution is 2.60. The molecule has 0 unspecified atom stereocenters. The zero-order valence-corrected chi connectivity index (χ0v) is 22.7. The zero-order valence-electron chi connectivity index (χ0n) is 28.7. The van der Waals surface area contributed by atoms with Crippen molar-refractivity contribution in [3.05, 3.63) is 35.5 Å². The van der Waals surface area contributed by atoms with Crippen molar-refractivity contribution in [3.8, 4) is 0 Å². The summed E-state index contributed by atoms with van der Waals surface area (Å²) in [4.78, 5) is 0. The van der Waals surface area contributed by atoms with Gasteiger partial charge in [-0.2, -0.15) is 0 Å². The Kier molecular flexibility index (Phi) is 7.22. The van der Waals surface area contributed by atoms with Gasteiger partial charge in [0.25, 0.3) is 0 Å². The predicted molar refractivity (Wildman–Crippen MR) is 149 cm³/mol. The second kappa shape index (κ2) is 11.8. The van der Waals surface area contributed by atoms with Gasteiger partial charge in [0.05, 0.1) is 23.4 Å². The summed E-state index contributed by atoms with van der Waals surface area (Å²) in [5, 5.41) is 41.6. The molecule has 3 aliphatic rings. The molecule has 0 radical (unpaired) electrons. The highest BCUT2D eigenvalue weighted by Gasteiger charge is 2.51. The van der Waals surface area contributed by atoms with E-state index in [0.717, 1.165) is 50.5 Å². The summed E-state index contributed by atoms with van der Waals surface area (Å²) < 4.78 is 46.5. The van der Waals surface area contributed by atoms with Gasteiger partial charge in [0.2, 0.25) is 0 Å². The van der Waals surface area contributed by atoms with E-state index in [0.29, 0.717) is 49.5 Å². The summed E-state index contributed by atoms with van der Waals surface area (Å²) in [5.74, 6) is 0.974. The normalized spacial score (nSPS) is 38.0. The largest absolute Gasteiger partial charge is 0.393 e. The Morgan fingerprint density at radius 2 is 1.75 bits per heavy atom. The molecule has 3 fully saturated rings. The molecule has 0 bridgehead atoms. The molecule has 0 aromatic carbocycles. The van der Waals surface area contributed by atoms with Gasteiger partial charge in [0, 0.05) is 14.6 Å². The molecule has 6 atom stereocenters. The molecule has 4 heteroatoms. The molecule has 3 rings (SSSR count). The Balaban J connectivity index is 1.82. The van der Waals surface area contributed by atoms with Crippen LogP contribution >= 0.6 is 0 Å². The van der Waals surface area contributed by atoms with Gasteiger partial charge in [-0.05, 0) is 113 Å². The average Bonchev–Trinajstić information content (AvgIpc) is 3.19. The smallest absolute Gasteiger partial charge is 0.0811 e. The first-order chi connectivity index (χ1) is 19.2. The molecule has 4 N–H and O–H groups in total. The van der Waals surface area contributed by atoms with Gasteiger partial charge < -0.3 is 20.4 Å². The fourth-order valence-corrected chi connectivity index (χ4v) is 7.48. The molecule has 206 valence electrons. The lowest BCUT2D eigenvalue weighted by molar-refractivity contribution is 0.0480. The molecular formula is C32H54O4. The van der Waals surface area contributed by atoms with Crippen LogP contribution in [0.2, 0.25) is 0 Å². The van der Waals surface area contributed by atoms with E-state index in [1.165, 1.54) is 5.57 Å². The van der Waals surface area contributed by atoms with E-state index in [1.807, 2.05) is 6.08 Å². The summed E-state index contributed by atoms with van der Waals surface area (Å²) in [6.07, 6.45) is 11.9. The summed E-state index contributed by atoms with van der Waals surface area (Å²) in [6, 6.07) is 0. The van der Waals surface area contributed by atoms with Gasteiger partial charge in [-0.1, -0.05) is 56.9 Å². The van der Waals surface area contributed by atoms with Crippen molar-refractivity contribution in [1.82, 2.24) is 0 Å². The van der Waals surface area contributed by atoms with Crippen molar-refractivity contribution >= 4 is 0 Å². The summed E-state index contributed by atoms with van der Waals surface area (Å²) in [7, 11) is 0. The maximum absolute atomic E-state index is 10.8. The van der Waals surface area contributed by atoms with Crippen molar-refractivity contribution in [2.75, 3.05) is 0 Å². The van der Waals surface area contributed by atoms with Gasteiger partial charge in [-0.15, -0.1) is 0 Å². The number of fused-ring (bicyclic) bond motifs is 1. The number of hydrogen-bond acceptors (Lipinski definition) is 4. The first kappa shape index (κ1) is 21.9. The summed E-state index contributed by atoms with van der Waals surface area (Å²) in [6.45, 7) is 4.00. The quantitative estimate of drug-likeness (QED) is 0.267. The average molecular weight is 509 g/mol. The minimum Gasteiger partial charge on any atom is -0.393 e. The van der Waals surface area contributed by atoms with E-state index in [9.17, 15) is 20.4 Å². The Bertz CT molecular complexity index is 994. The molecule has 0 aliphatic heterocycles. The molecular weight excluding hydrogens is 448 g/mol. The lowest BCUT2D eigenvalue weighted by Gasteiger charge is -2.45. The van der Waals surface area contributed by atoms with Crippen LogP contribution in [0.15, 0.2) is 35.5 Å². The third-order valence-corrected chi connectivity index (χ3v) is 9.35.